The number of anilines is 1. The molecule has 144 valence electrons. The molecule has 0 saturated carbocycles. The molecule has 0 aliphatic carbocycles. The number of thiocarbonyl (C=S) groups is 1. The van der Waals surface area contributed by atoms with Gasteiger partial charge in [-0.2, -0.15) is 0 Å². The van der Waals surface area contributed by atoms with Gasteiger partial charge in [-0.25, -0.2) is 4.79 Å². The maximum Gasteiger partial charge on any atom is 0.339 e. The molecule has 2 aromatic carbocycles. The summed E-state index contributed by atoms with van der Waals surface area (Å²) in [6.07, 6.45) is 0.897. The Morgan fingerprint density at radius 1 is 1.19 bits per heavy atom. The number of aryl methyl sites for hydroxylation is 2. The molecule has 0 heterocycles. The highest BCUT2D eigenvalue weighted by molar-refractivity contribution is 7.80. The molecular formula is C21H25ClN2O2S. The van der Waals surface area contributed by atoms with Gasteiger partial charge in [0.25, 0.3) is 0 Å². The van der Waals surface area contributed by atoms with E-state index in [9.17, 15) is 4.79 Å². The zero-order valence-electron chi connectivity index (χ0n) is 16.1. The van der Waals surface area contributed by atoms with E-state index in [1.54, 1.807) is 25.1 Å². The summed E-state index contributed by atoms with van der Waals surface area (Å²) in [6, 6.07) is 11.6. The Labute approximate surface area is 171 Å². The number of halogens is 1. The molecule has 2 aromatic rings. The van der Waals surface area contributed by atoms with Gasteiger partial charge in [-0.15, -0.1) is 0 Å². The normalized spacial score (nSPS) is 11.6. The lowest BCUT2D eigenvalue weighted by Gasteiger charge is -2.22. The number of hydrogen-bond donors (Lipinski definition) is 2. The molecule has 2 N–H and O–H groups in total. The first kappa shape index (κ1) is 21.2. The van der Waals surface area contributed by atoms with Crippen LogP contribution in [0.1, 0.15) is 53.4 Å². The third-order valence-corrected chi connectivity index (χ3v) is 4.77. The fraction of sp³-hybridized carbons (Fsp3) is 0.333. The topological polar surface area (TPSA) is 50.4 Å². The fourth-order valence-corrected chi connectivity index (χ4v) is 3.43. The van der Waals surface area contributed by atoms with Crippen molar-refractivity contribution in [1.29, 1.82) is 0 Å². The van der Waals surface area contributed by atoms with Crippen molar-refractivity contribution in [3.8, 4) is 0 Å². The van der Waals surface area contributed by atoms with Crippen molar-refractivity contribution in [3.63, 3.8) is 0 Å². The molecular weight excluding hydrogens is 380 g/mol. The minimum Gasteiger partial charge on any atom is -0.462 e. The van der Waals surface area contributed by atoms with E-state index in [-0.39, 0.29) is 6.04 Å². The number of hydrogen-bond acceptors (Lipinski definition) is 3. The molecule has 0 fully saturated rings. The highest BCUT2D eigenvalue weighted by Gasteiger charge is 2.15. The Kier molecular flexibility index (Phi) is 7.63. The van der Waals surface area contributed by atoms with Crippen LogP contribution in [0.15, 0.2) is 36.4 Å². The van der Waals surface area contributed by atoms with Gasteiger partial charge >= 0.3 is 5.97 Å². The average Bonchev–Trinajstić information content (AvgIpc) is 2.60. The van der Waals surface area contributed by atoms with E-state index in [1.807, 2.05) is 0 Å². The zero-order valence-corrected chi connectivity index (χ0v) is 17.6. The summed E-state index contributed by atoms with van der Waals surface area (Å²) in [7, 11) is 0. The third-order valence-electron chi connectivity index (χ3n) is 4.24. The minimum absolute atomic E-state index is 0.111. The second kappa shape index (κ2) is 9.72. The highest BCUT2D eigenvalue weighted by atomic mass is 35.5. The van der Waals surface area contributed by atoms with E-state index in [0.29, 0.717) is 28.0 Å². The van der Waals surface area contributed by atoms with Crippen molar-refractivity contribution in [3.05, 3.63) is 63.7 Å². The summed E-state index contributed by atoms with van der Waals surface area (Å²) in [5.41, 5.74) is 4.75. The van der Waals surface area contributed by atoms with Crippen LogP contribution in [-0.2, 0) is 4.74 Å². The van der Waals surface area contributed by atoms with Crippen LogP contribution in [0.2, 0.25) is 5.02 Å². The van der Waals surface area contributed by atoms with Gasteiger partial charge in [-0.1, -0.05) is 42.3 Å². The van der Waals surface area contributed by atoms with Gasteiger partial charge in [0.1, 0.15) is 0 Å². The Hall–Kier alpha value is -2.11. The molecule has 27 heavy (non-hydrogen) atoms. The first-order chi connectivity index (χ1) is 12.8. The van der Waals surface area contributed by atoms with Crippen LogP contribution in [0.25, 0.3) is 0 Å². The van der Waals surface area contributed by atoms with E-state index >= 15 is 0 Å². The molecule has 2 rings (SSSR count). The molecule has 0 aromatic heterocycles. The van der Waals surface area contributed by atoms with Gasteiger partial charge in [0, 0.05) is 5.69 Å². The molecule has 1 unspecified atom stereocenters. The molecule has 1 atom stereocenters. The first-order valence-electron chi connectivity index (χ1n) is 8.97. The predicted molar refractivity (Wildman–Crippen MR) is 116 cm³/mol. The van der Waals surface area contributed by atoms with E-state index in [2.05, 4.69) is 49.6 Å². The monoisotopic (exact) mass is 404 g/mol. The summed E-state index contributed by atoms with van der Waals surface area (Å²) in [5, 5.41) is 7.31. The number of carbonyl (C=O) groups excluding carboxylic acids is 1. The van der Waals surface area contributed by atoms with Crippen molar-refractivity contribution < 1.29 is 9.53 Å². The van der Waals surface area contributed by atoms with Crippen LogP contribution in [0.5, 0.6) is 0 Å². The summed E-state index contributed by atoms with van der Waals surface area (Å²) >= 11 is 11.7. The Morgan fingerprint density at radius 2 is 1.93 bits per heavy atom. The number of rotatable bonds is 6. The summed E-state index contributed by atoms with van der Waals surface area (Å²) in [4.78, 5) is 11.8. The van der Waals surface area contributed by atoms with Gasteiger partial charge < -0.3 is 15.4 Å². The molecule has 0 aliphatic rings. The molecule has 0 saturated heterocycles. The maximum absolute atomic E-state index is 11.8. The number of ether oxygens (including phenoxy) is 1. The number of nitrogens with one attached hydrogen (secondary N) is 2. The van der Waals surface area contributed by atoms with Gasteiger partial charge in [0.05, 0.1) is 23.2 Å². The molecule has 4 nitrogen and oxygen atoms in total. The van der Waals surface area contributed by atoms with Crippen molar-refractivity contribution in [2.75, 3.05) is 11.9 Å². The van der Waals surface area contributed by atoms with Crippen molar-refractivity contribution in [2.24, 2.45) is 0 Å². The molecule has 0 spiro atoms. The number of carbonyl (C=O) groups is 1. The Balaban J connectivity index is 2.08. The van der Waals surface area contributed by atoms with Gasteiger partial charge in [0.2, 0.25) is 0 Å². The highest BCUT2D eigenvalue weighted by Crippen LogP contribution is 2.24. The van der Waals surface area contributed by atoms with Crippen LogP contribution in [-0.4, -0.2) is 17.7 Å². The quantitative estimate of drug-likeness (QED) is 0.486. The summed E-state index contributed by atoms with van der Waals surface area (Å²) < 4.78 is 4.98. The largest absolute Gasteiger partial charge is 0.462 e. The lowest BCUT2D eigenvalue weighted by Crippen LogP contribution is -2.32. The van der Waals surface area contributed by atoms with Crippen molar-refractivity contribution in [2.45, 2.75) is 40.2 Å². The van der Waals surface area contributed by atoms with Crippen molar-refractivity contribution in [1.82, 2.24) is 5.32 Å². The first-order valence-corrected chi connectivity index (χ1v) is 9.75. The molecule has 0 amide bonds. The van der Waals surface area contributed by atoms with Gasteiger partial charge in [0.15, 0.2) is 5.11 Å². The predicted octanol–water partition coefficient (Wildman–Crippen LogP) is 5.57. The third kappa shape index (κ3) is 5.68. The number of benzene rings is 2. The van der Waals surface area contributed by atoms with E-state index < -0.39 is 5.97 Å². The van der Waals surface area contributed by atoms with E-state index in [4.69, 9.17) is 28.6 Å². The van der Waals surface area contributed by atoms with Crippen LogP contribution in [0, 0.1) is 13.8 Å². The van der Waals surface area contributed by atoms with Crippen LogP contribution in [0.3, 0.4) is 0 Å². The van der Waals surface area contributed by atoms with Crippen molar-refractivity contribution >= 4 is 40.6 Å². The molecule has 0 bridgehead atoms. The van der Waals surface area contributed by atoms with E-state index in [1.165, 1.54) is 16.7 Å². The summed E-state index contributed by atoms with van der Waals surface area (Å²) in [6.45, 7) is 8.37. The SMILES string of the molecule is CCOC(=O)c1ccc(NC(=S)NC(CC)c2ccc(C)cc2C)cc1Cl. The lowest BCUT2D eigenvalue weighted by atomic mass is 9.98. The number of esters is 1. The maximum atomic E-state index is 11.8. The molecule has 0 aliphatic heterocycles. The Morgan fingerprint density at radius 3 is 2.52 bits per heavy atom. The smallest absolute Gasteiger partial charge is 0.339 e. The van der Waals surface area contributed by atoms with Crippen LogP contribution in [0.4, 0.5) is 5.69 Å². The average molecular weight is 405 g/mol. The van der Waals surface area contributed by atoms with Crippen LogP contribution < -0.4 is 10.6 Å². The summed E-state index contributed by atoms with van der Waals surface area (Å²) in [5.74, 6) is -0.435. The second-order valence-corrected chi connectivity index (χ2v) is 7.15. The minimum atomic E-state index is -0.435. The standard InChI is InChI=1S/C21H25ClN2O2S/c1-5-19(16-9-7-13(3)11-14(16)4)24-21(27)23-15-8-10-17(18(22)12-15)20(25)26-6-2/h7-12,19H,5-6H2,1-4H3,(H2,23,24,27). The van der Waals surface area contributed by atoms with Crippen LogP contribution >= 0.6 is 23.8 Å². The lowest BCUT2D eigenvalue weighted by molar-refractivity contribution is 0.0526. The Bertz CT molecular complexity index is 839. The molecule has 6 heteroatoms. The van der Waals surface area contributed by atoms with Gasteiger partial charge in [-0.3, -0.25) is 0 Å². The zero-order chi connectivity index (χ0) is 20.0. The second-order valence-electron chi connectivity index (χ2n) is 6.33. The fourth-order valence-electron chi connectivity index (χ4n) is 2.91. The molecule has 0 radical (unpaired) electrons. The van der Waals surface area contributed by atoms with E-state index in [0.717, 1.165) is 6.42 Å². The van der Waals surface area contributed by atoms with Gasteiger partial charge in [-0.05, 0) is 68.7 Å².